The highest BCUT2D eigenvalue weighted by Gasteiger charge is 2.19. The van der Waals surface area contributed by atoms with Crippen molar-refractivity contribution < 1.29 is 13.7 Å². The van der Waals surface area contributed by atoms with E-state index in [2.05, 4.69) is 19.2 Å². The van der Waals surface area contributed by atoms with Crippen LogP contribution in [0.1, 0.15) is 51.5 Å². The molecule has 0 aliphatic carbocycles. The van der Waals surface area contributed by atoms with Gasteiger partial charge in [-0.25, -0.2) is 4.39 Å². The minimum absolute atomic E-state index is 0.126. The van der Waals surface area contributed by atoms with Crippen LogP contribution in [-0.2, 0) is 6.54 Å². The van der Waals surface area contributed by atoms with Crippen LogP contribution in [0.15, 0.2) is 12.1 Å². The molecular weight excluding hydrogens is 278 g/mol. The molecule has 0 fully saturated rings. The molecule has 0 bridgehead atoms. The Hall–Kier alpha value is -1.56. The van der Waals surface area contributed by atoms with Gasteiger partial charge in [0.05, 0.1) is 4.92 Å². The van der Waals surface area contributed by atoms with Crippen molar-refractivity contribution in [2.75, 3.05) is 0 Å². The molecular formula is C15H22F2N2O2. The number of nitro groups is 1. The highest BCUT2D eigenvalue weighted by atomic mass is 19.1. The first kappa shape index (κ1) is 17.5. The number of rotatable bonds is 9. The van der Waals surface area contributed by atoms with Gasteiger partial charge < -0.3 is 5.32 Å². The zero-order valence-corrected chi connectivity index (χ0v) is 12.5. The summed E-state index contributed by atoms with van der Waals surface area (Å²) in [6.07, 6.45) is 5.11. The van der Waals surface area contributed by atoms with Crippen molar-refractivity contribution in [1.82, 2.24) is 5.32 Å². The van der Waals surface area contributed by atoms with Crippen LogP contribution < -0.4 is 5.32 Å². The first-order valence-corrected chi connectivity index (χ1v) is 7.35. The topological polar surface area (TPSA) is 55.2 Å². The smallest absolute Gasteiger partial charge is 0.305 e. The minimum atomic E-state index is -1.14. The van der Waals surface area contributed by atoms with Crippen LogP contribution in [0.25, 0.3) is 0 Å². The summed E-state index contributed by atoms with van der Waals surface area (Å²) in [4.78, 5) is 9.86. The molecule has 1 rings (SSSR count). The van der Waals surface area contributed by atoms with E-state index in [0.29, 0.717) is 6.07 Å². The third-order valence-corrected chi connectivity index (χ3v) is 3.44. The fourth-order valence-electron chi connectivity index (χ4n) is 2.26. The van der Waals surface area contributed by atoms with Gasteiger partial charge in [0.25, 0.3) is 0 Å². The summed E-state index contributed by atoms with van der Waals surface area (Å²) in [5.41, 5.74) is -0.561. The first-order chi connectivity index (χ1) is 9.99. The van der Waals surface area contributed by atoms with Gasteiger partial charge in [0, 0.05) is 30.3 Å². The quantitative estimate of drug-likeness (QED) is 0.546. The average Bonchev–Trinajstić information content (AvgIpc) is 2.43. The predicted octanol–water partition coefficient (Wildman–Crippen LogP) is 4.32. The van der Waals surface area contributed by atoms with E-state index >= 15 is 0 Å². The lowest BCUT2D eigenvalue weighted by molar-refractivity contribution is -0.387. The molecule has 21 heavy (non-hydrogen) atoms. The fraction of sp³-hybridized carbons (Fsp3) is 0.600. The predicted molar refractivity (Wildman–Crippen MR) is 78.1 cm³/mol. The molecule has 0 heterocycles. The summed E-state index contributed by atoms with van der Waals surface area (Å²) >= 11 is 0. The Morgan fingerprint density at radius 2 is 1.90 bits per heavy atom. The maximum atomic E-state index is 13.7. The van der Waals surface area contributed by atoms with Crippen molar-refractivity contribution in [2.24, 2.45) is 0 Å². The summed E-state index contributed by atoms with van der Waals surface area (Å²) in [5, 5.41) is 13.9. The molecule has 1 aromatic carbocycles. The van der Waals surface area contributed by atoms with E-state index in [1.807, 2.05) is 0 Å². The summed E-state index contributed by atoms with van der Waals surface area (Å²) in [5.74, 6) is -1.89. The van der Waals surface area contributed by atoms with E-state index in [-0.39, 0.29) is 18.2 Å². The number of halogens is 2. The number of benzene rings is 1. The first-order valence-electron chi connectivity index (χ1n) is 7.35. The zero-order chi connectivity index (χ0) is 15.8. The largest absolute Gasteiger partial charge is 0.310 e. The van der Waals surface area contributed by atoms with Gasteiger partial charge in [0.15, 0.2) is 0 Å². The molecule has 6 heteroatoms. The van der Waals surface area contributed by atoms with Crippen LogP contribution in [0.2, 0.25) is 0 Å². The maximum Gasteiger partial charge on any atom is 0.305 e. The van der Waals surface area contributed by atoms with Gasteiger partial charge in [-0.15, -0.1) is 0 Å². The Bertz CT molecular complexity index is 481. The maximum absolute atomic E-state index is 13.7. The molecule has 4 nitrogen and oxygen atoms in total. The van der Waals surface area contributed by atoms with Crippen LogP contribution in [0.3, 0.4) is 0 Å². The average molecular weight is 300 g/mol. The van der Waals surface area contributed by atoms with Crippen molar-refractivity contribution >= 4 is 5.69 Å². The van der Waals surface area contributed by atoms with Crippen molar-refractivity contribution in [1.29, 1.82) is 0 Å². The minimum Gasteiger partial charge on any atom is -0.310 e. The third-order valence-electron chi connectivity index (χ3n) is 3.44. The van der Waals surface area contributed by atoms with Crippen LogP contribution in [0.4, 0.5) is 14.5 Å². The molecule has 1 atom stereocenters. The van der Waals surface area contributed by atoms with Gasteiger partial charge in [0.1, 0.15) is 5.82 Å². The molecule has 1 aromatic rings. The lowest BCUT2D eigenvalue weighted by Crippen LogP contribution is -2.28. The second-order valence-electron chi connectivity index (χ2n) is 5.16. The summed E-state index contributed by atoms with van der Waals surface area (Å²) < 4.78 is 26.9. The molecule has 0 radical (unpaired) electrons. The van der Waals surface area contributed by atoms with Crippen LogP contribution >= 0.6 is 0 Å². The van der Waals surface area contributed by atoms with Crippen molar-refractivity contribution in [3.63, 3.8) is 0 Å². The molecule has 0 aliphatic rings. The Morgan fingerprint density at radius 3 is 2.48 bits per heavy atom. The van der Waals surface area contributed by atoms with Crippen LogP contribution in [0.5, 0.6) is 0 Å². The standard InChI is InChI=1S/C15H22F2N2O2/c1-3-5-7-12(6-4-2)18-10-11-8-15(19(20)21)14(17)9-13(11)16/h8-9,12,18H,3-7,10H2,1-2H3. The van der Waals surface area contributed by atoms with E-state index in [9.17, 15) is 18.9 Å². The molecule has 1 N–H and O–H groups in total. The van der Waals surface area contributed by atoms with Gasteiger partial charge in [-0.3, -0.25) is 10.1 Å². The number of nitro benzene ring substituents is 1. The molecule has 118 valence electrons. The molecule has 1 unspecified atom stereocenters. The Morgan fingerprint density at radius 1 is 1.19 bits per heavy atom. The molecule has 0 saturated heterocycles. The molecule has 0 spiro atoms. The third kappa shape index (κ3) is 5.38. The van der Waals surface area contributed by atoms with Gasteiger partial charge in [-0.05, 0) is 12.8 Å². The van der Waals surface area contributed by atoms with E-state index < -0.39 is 22.2 Å². The Labute approximate surface area is 123 Å². The second kappa shape index (κ2) is 8.67. The van der Waals surface area contributed by atoms with E-state index in [1.165, 1.54) is 0 Å². The molecule has 0 amide bonds. The van der Waals surface area contributed by atoms with Crippen molar-refractivity contribution in [3.05, 3.63) is 39.4 Å². The number of unbranched alkanes of at least 4 members (excludes halogenated alkanes) is 1. The van der Waals surface area contributed by atoms with Crippen molar-refractivity contribution in [3.8, 4) is 0 Å². The van der Waals surface area contributed by atoms with Gasteiger partial charge in [-0.1, -0.05) is 33.1 Å². The Kier molecular flexibility index (Phi) is 7.22. The fourth-order valence-corrected chi connectivity index (χ4v) is 2.26. The Balaban J connectivity index is 2.76. The van der Waals surface area contributed by atoms with Gasteiger partial charge in [0.2, 0.25) is 5.82 Å². The molecule has 0 aromatic heterocycles. The molecule has 0 saturated carbocycles. The number of nitrogens with one attached hydrogen (secondary N) is 1. The highest BCUT2D eigenvalue weighted by Crippen LogP contribution is 2.21. The summed E-state index contributed by atoms with van der Waals surface area (Å²) in [6.45, 7) is 4.34. The lowest BCUT2D eigenvalue weighted by atomic mass is 10.0. The SMILES string of the molecule is CCCCC(CCC)NCc1cc([N+](=O)[O-])c(F)cc1F. The van der Waals surface area contributed by atoms with E-state index in [1.54, 1.807) is 0 Å². The lowest BCUT2D eigenvalue weighted by Gasteiger charge is -2.18. The number of nitrogens with zero attached hydrogens (tertiary/aromatic N) is 1. The van der Waals surface area contributed by atoms with E-state index in [0.717, 1.165) is 38.2 Å². The number of hydrogen-bond donors (Lipinski definition) is 1. The monoisotopic (exact) mass is 300 g/mol. The second-order valence-corrected chi connectivity index (χ2v) is 5.16. The van der Waals surface area contributed by atoms with Gasteiger partial charge in [-0.2, -0.15) is 4.39 Å². The normalized spacial score (nSPS) is 12.4. The van der Waals surface area contributed by atoms with Gasteiger partial charge >= 0.3 is 5.69 Å². The number of hydrogen-bond acceptors (Lipinski definition) is 3. The summed E-state index contributed by atoms with van der Waals surface area (Å²) in [7, 11) is 0. The summed E-state index contributed by atoms with van der Waals surface area (Å²) in [6, 6.07) is 1.80. The van der Waals surface area contributed by atoms with Crippen molar-refractivity contribution in [2.45, 2.75) is 58.5 Å². The van der Waals surface area contributed by atoms with Crippen LogP contribution in [0, 0.1) is 21.7 Å². The van der Waals surface area contributed by atoms with E-state index in [4.69, 9.17) is 0 Å². The van der Waals surface area contributed by atoms with Crippen LogP contribution in [-0.4, -0.2) is 11.0 Å². The highest BCUT2D eigenvalue weighted by molar-refractivity contribution is 5.37. The zero-order valence-electron chi connectivity index (χ0n) is 12.5. The molecule has 0 aliphatic heterocycles.